The van der Waals surface area contributed by atoms with Crippen molar-refractivity contribution in [2.45, 2.75) is 12.5 Å². The van der Waals surface area contributed by atoms with Crippen LogP contribution in [0, 0.1) is 0 Å². The summed E-state index contributed by atoms with van der Waals surface area (Å²) in [7, 11) is 0. The molecule has 3 nitrogen and oxygen atoms in total. The number of hydrogen-bond donors (Lipinski definition) is 2. The van der Waals surface area contributed by atoms with Crippen LogP contribution in [0.5, 0.6) is 5.75 Å². The number of rotatable bonds is 5. The second kappa shape index (κ2) is 7.61. The molecule has 0 saturated heterocycles. The number of benzene rings is 2. The van der Waals surface area contributed by atoms with Gasteiger partial charge in [0, 0.05) is 16.9 Å². The fourth-order valence-corrected chi connectivity index (χ4v) is 2.60. The number of carbonyl (C=O) groups is 1. The van der Waals surface area contributed by atoms with Gasteiger partial charge in [-0.1, -0.05) is 46.3 Å². The standard InChI is InChI=1S/C16H15Br2NO2/c17-10-13(8-11-4-2-1-3-5-11)19-16(21)12-6-7-14(18)15(20)9-12/h1-7,9,13,20H,8,10H2,(H,19,21). The third-order valence-corrected chi connectivity index (χ3v) is 4.51. The molecule has 0 aliphatic heterocycles. The average Bonchev–Trinajstić information content (AvgIpc) is 2.50. The highest BCUT2D eigenvalue weighted by Crippen LogP contribution is 2.24. The lowest BCUT2D eigenvalue weighted by Gasteiger charge is -2.16. The van der Waals surface area contributed by atoms with E-state index in [4.69, 9.17) is 0 Å². The first-order valence-electron chi connectivity index (χ1n) is 6.49. The molecule has 1 unspecified atom stereocenters. The maximum atomic E-state index is 12.2. The number of halogens is 2. The maximum Gasteiger partial charge on any atom is 0.251 e. The zero-order chi connectivity index (χ0) is 15.2. The van der Waals surface area contributed by atoms with Crippen molar-refractivity contribution in [1.29, 1.82) is 0 Å². The molecule has 1 amide bonds. The predicted molar refractivity (Wildman–Crippen MR) is 91.0 cm³/mol. The number of carbonyl (C=O) groups excluding carboxylic acids is 1. The Morgan fingerprint density at radius 1 is 1.19 bits per heavy atom. The van der Waals surface area contributed by atoms with E-state index in [-0.39, 0.29) is 17.7 Å². The number of nitrogens with one attached hydrogen (secondary N) is 1. The Labute approximate surface area is 140 Å². The van der Waals surface area contributed by atoms with Crippen molar-refractivity contribution in [3.63, 3.8) is 0 Å². The molecule has 2 aromatic rings. The molecule has 0 heterocycles. The minimum Gasteiger partial charge on any atom is -0.507 e. The first kappa shape index (κ1) is 16.0. The van der Waals surface area contributed by atoms with Crippen LogP contribution in [-0.2, 0) is 6.42 Å². The van der Waals surface area contributed by atoms with Crippen LogP contribution in [0.3, 0.4) is 0 Å². The van der Waals surface area contributed by atoms with Crippen molar-refractivity contribution in [1.82, 2.24) is 5.32 Å². The molecule has 2 rings (SSSR count). The van der Waals surface area contributed by atoms with E-state index in [1.807, 2.05) is 30.3 Å². The first-order chi connectivity index (χ1) is 10.1. The molecule has 0 spiro atoms. The summed E-state index contributed by atoms with van der Waals surface area (Å²) in [6, 6.07) is 14.8. The van der Waals surface area contributed by atoms with Crippen LogP contribution in [0.4, 0.5) is 0 Å². The Kier molecular flexibility index (Phi) is 5.82. The van der Waals surface area contributed by atoms with Crippen LogP contribution >= 0.6 is 31.9 Å². The van der Waals surface area contributed by atoms with Crippen LogP contribution in [0.15, 0.2) is 53.0 Å². The van der Waals surface area contributed by atoms with Gasteiger partial charge in [0.25, 0.3) is 5.91 Å². The normalized spacial score (nSPS) is 11.9. The molecule has 0 bridgehead atoms. The Morgan fingerprint density at radius 2 is 1.90 bits per heavy atom. The summed E-state index contributed by atoms with van der Waals surface area (Å²) in [5.41, 5.74) is 1.61. The van der Waals surface area contributed by atoms with Gasteiger partial charge in [-0.05, 0) is 46.1 Å². The average molecular weight is 413 g/mol. The number of alkyl halides is 1. The molecular formula is C16H15Br2NO2. The highest BCUT2D eigenvalue weighted by atomic mass is 79.9. The molecule has 1 atom stereocenters. The monoisotopic (exact) mass is 411 g/mol. The van der Waals surface area contributed by atoms with Gasteiger partial charge >= 0.3 is 0 Å². The highest BCUT2D eigenvalue weighted by Gasteiger charge is 2.14. The zero-order valence-electron chi connectivity index (χ0n) is 11.2. The minimum atomic E-state index is -0.196. The molecule has 110 valence electrons. The van der Waals surface area contributed by atoms with E-state index in [0.29, 0.717) is 15.4 Å². The topological polar surface area (TPSA) is 49.3 Å². The van der Waals surface area contributed by atoms with E-state index in [2.05, 4.69) is 37.2 Å². The summed E-state index contributed by atoms with van der Waals surface area (Å²) in [5, 5.41) is 13.3. The Balaban J connectivity index is 2.04. The van der Waals surface area contributed by atoms with Crippen LogP contribution in [-0.4, -0.2) is 22.4 Å². The second-order valence-electron chi connectivity index (χ2n) is 4.68. The van der Waals surface area contributed by atoms with Crippen molar-refractivity contribution >= 4 is 37.8 Å². The largest absolute Gasteiger partial charge is 0.507 e. The van der Waals surface area contributed by atoms with Crippen LogP contribution in [0.2, 0.25) is 0 Å². The van der Waals surface area contributed by atoms with Gasteiger partial charge < -0.3 is 10.4 Å². The minimum absolute atomic E-state index is 0.00862. The number of phenolic OH excluding ortho intramolecular Hbond substituents is 1. The summed E-state index contributed by atoms with van der Waals surface area (Å²) in [4.78, 5) is 12.2. The zero-order valence-corrected chi connectivity index (χ0v) is 14.4. The van der Waals surface area contributed by atoms with Crippen LogP contribution in [0.1, 0.15) is 15.9 Å². The van der Waals surface area contributed by atoms with Crippen LogP contribution in [0.25, 0.3) is 0 Å². The van der Waals surface area contributed by atoms with Gasteiger partial charge in [0.2, 0.25) is 0 Å². The quantitative estimate of drug-likeness (QED) is 0.732. The number of phenols is 1. The fourth-order valence-electron chi connectivity index (χ4n) is 1.97. The lowest BCUT2D eigenvalue weighted by atomic mass is 10.1. The highest BCUT2D eigenvalue weighted by molar-refractivity contribution is 9.10. The Morgan fingerprint density at radius 3 is 2.52 bits per heavy atom. The SMILES string of the molecule is O=C(NC(CBr)Cc1ccccc1)c1ccc(Br)c(O)c1. The molecule has 0 saturated carbocycles. The van der Waals surface area contributed by atoms with E-state index >= 15 is 0 Å². The molecule has 0 aromatic heterocycles. The molecule has 0 aliphatic rings. The summed E-state index contributed by atoms with van der Waals surface area (Å²) in [5.74, 6) is -0.140. The van der Waals surface area contributed by atoms with Crippen LogP contribution < -0.4 is 5.32 Å². The van der Waals surface area contributed by atoms with E-state index in [1.165, 1.54) is 11.6 Å². The Hall–Kier alpha value is -1.33. The first-order valence-corrected chi connectivity index (χ1v) is 8.41. The second-order valence-corrected chi connectivity index (χ2v) is 6.18. The van der Waals surface area contributed by atoms with Crippen molar-refractivity contribution in [3.8, 4) is 5.75 Å². The van der Waals surface area contributed by atoms with Gasteiger partial charge in [-0.2, -0.15) is 0 Å². The predicted octanol–water partition coefficient (Wildman–Crippen LogP) is 3.89. The Bertz CT molecular complexity index is 617. The van der Waals surface area contributed by atoms with E-state index in [1.54, 1.807) is 12.1 Å². The molecule has 21 heavy (non-hydrogen) atoms. The lowest BCUT2D eigenvalue weighted by Crippen LogP contribution is -2.37. The number of aromatic hydroxyl groups is 1. The molecule has 0 radical (unpaired) electrons. The third kappa shape index (κ3) is 4.58. The summed E-state index contributed by atoms with van der Waals surface area (Å²) >= 11 is 6.63. The molecule has 0 fully saturated rings. The molecule has 5 heteroatoms. The van der Waals surface area contributed by atoms with E-state index < -0.39 is 0 Å². The molecule has 0 aliphatic carbocycles. The third-order valence-electron chi connectivity index (χ3n) is 3.05. The van der Waals surface area contributed by atoms with Crippen molar-refractivity contribution in [3.05, 3.63) is 64.1 Å². The van der Waals surface area contributed by atoms with Gasteiger partial charge in [0.1, 0.15) is 5.75 Å². The molecule has 2 aromatic carbocycles. The smallest absolute Gasteiger partial charge is 0.251 e. The van der Waals surface area contributed by atoms with E-state index in [9.17, 15) is 9.90 Å². The number of amides is 1. The van der Waals surface area contributed by atoms with Gasteiger partial charge in [-0.3, -0.25) is 4.79 Å². The van der Waals surface area contributed by atoms with Crippen molar-refractivity contribution in [2.24, 2.45) is 0 Å². The van der Waals surface area contributed by atoms with Gasteiger partial charge in [0.15, 0.2) is 0 Å². The lowest BCUT2D eigenvalue weighted by molar-refractivity contribution is 0.0940. The summed E-state index contributed by atoms with van der Waals surface area (Å²) in [6.07, 6.45) is 0.750. The van der Waals surface area contributed by atoms with Gasteiger partial charge in [0.05, 0.1) is 4.47 Å². The van der Waals surface area contributed by atoms with Crippen molar-refractivity contribution < 1.29 is 9.90 Å². The fraction of sp³-hybridized carbons (Fsp3) is 0.188. The number of hydrogen-bond acceptors (Lipinski definition) is 2. The van der Waals surface area contributed by atoms with Gasteiger partial charge in [-0.15, -0.1) is 0 Å². The molecule has 2 N–H and O–H groups in total. The molecular weight excluding hydrogens is 398 g/mol. The van der Waals surface area contributed by atoms with Crippen molar-refractivity contribution in [2.75, 3.05) is 5.33 Å². The van der Waals surface area contributed by atoms with Gasteiger partial charge in [-0.25, -0.2) is 0 Å². The van der Waals surface area contributed by atoms with E-state index in [0.717, 1.165) is 6.42 Å². The summed E-state index contributed by atoms with van der Waals surface area (Å²) in [6.45, 7) is 0. The maximum absolute atomic E-state index is 12.2. The summed E-state index contributed by atoms with van der Waals surface area (Å²) < 4.78 is 0.570.